The summed E-state index contributed by atoms with van der Waals surface area (Å²) in [6.45, 7) is 5.99. The summed E-state index contributed by atoms with van der Waals surface area (Å²) in [6.07, 6.45) is 1.05. The maximum atomic E-state index is 5.68. The molecule has 0 spiro atoms. The Labute approximate surface area is 86.3 Å². The summed E-state index contributed by atoms with van der Waals surface area (Å²) in [6, 6.07) is 6.17. The van der Waals surface area contributed by atoms with Gasteiger partial charge in [0.1, 0.15) is 5.75 Å². The van der Waals surface area contributed by atoms with Gasteiger partial charge in [0.05, 0.1) is 6.61 Å². The fraction of sp³-hybridized carbons (Fsp3) is 0.500. The summed E-state index contributed by atoms with van der Waals surface area (Å²) in [5.41, 5.74) is 2.54. The molecule has 0 aliphatic rings. The molecular formula is C12H19NO. The smallest absolute Gasteiger partial charge is 0.122 e. The molecule has 14 heavy (non-hydrogen) atoms. The van der Waals surface area contributed by atoms with Crippen LogP contribution in [0.25, 0.3) is 0 Å². The van der Waals surface area contributed by atoms with Gasteiger partial charge in [0.2, 0.25) is 0 Å². The van der Waals surface area contributed by atoms with Crippen molar-refractivity contribution in [3.8, 4) is 5.75 Å². The Morgan fingerprint density at radius 3 is 2.79 bits per heavy atom. The Bertz CT molecular complexity index is 284. The summed E-state index contributed by atoms with van der Waals surface area (Å²) >= 11 is 0. The Morgan fingerprint density at radius 1 is 1.29 bits per heavy atom. The molecule has 1 aromatic carbocycles. The quantitative estimate of drug-likeness (QED) is 0.724. The van der Waals surface area contributed by atoms with E-state index in [1.165, 1.54) is 11.1 Å². The molecule has 0 heterocycles. The SMILES string of the molecule is CNCCCOc1cccc(C)c1C. The fourth-order valence-corrected chi connectivity index (χ4v) is 1.31. The normalized spacial score (nSPS) is 10.2. The van der Waals surface area contributed by atoms with Crippen molar-refractivity contribution in [2.75, 3.05) is 20.2 Å². The number of aryl methyl sites for hydroxylation is 1. The summed E-state index contributed by atoms with van der Waals surface area (Å²) < 4.78 is 5.68. The fourth-order valence-electron chi connectivity index (χ4n) is 1.31. The third-order valence-electron chi connectivity index (χ3n) is 2.38. The average Bonchev–Trinajstić information content (AvgIpc) is 2.19. The second-order valence-corrected chi connectivity index (χ2v) is 3.50. The zero-order valence-electron chi connectivity index (χ0n) is 9.26. The van der Waals surface area contributed by atoms with E-state index in [9.17, 15) is 0 Å². The molecule has 0 saturated carbocycles. The number of nitrogens with one attached hydrogen (secondary N) is 1. The van der Waals surface area contributed by atoms with Gasteiger partial charge in [-0.05, 0) is 51.1 Å². The molecule has 1 N–H and O–H groups in total. The molecule has 2 heteroatoms. The first-order valence-electron chi connectivity index (χ1n) is 5.09. The molecule has 0 atom stereocenters. The minimum atomic E-state index is 0.783. The highest BCUT2D eigenvalue weighted by Crippen LogP contribution is 2.20. The molecule has 0 aromatic heterocycles. The van der Waals surface area contributed by atoms with Crippen molar-refractivity contribution < 1.29 is 4.74 Å². The molecule has 0 aliphatic heterocycles. The van der Waals surface area contributed by atoms with Crippen LogP contribution in [0.5, 0.6) is 5.75 Å². The van der Waals surface area contributed by atoms with Gasteiger partial charge < -0.3 is 10.1 Å². The molecule has 0 aliphatic carbocycles. The van der Waals surface area contributed by atoms with Crippen molar-refractivity contribution in [3.05, 3.63) is 29.3 Å². The van der Waals surface area contributed by atoms with Crippen LogP contribution in [0.2, 0.25) is 0 Å². The third kappa shape index (κ3) is 3.04. The van der Waals surface area contributed by atoms with Gasteiger partial charge in [-0.2, -0.15) is 0 Å². The minimum absolute atomic E-state index is 0.783. The maximum absolute atomic E-state index is 5.68. The average molecular weight is 193 g/mol. The van der Waals surface area contributed by atoms with Gasteiger partial charge in [-0.3, -0.25) is 0 Å². The van der Waals surface area contributed by atoms with Gasteiger partial charge in [0.15, 0.2) is 0 Å². The molecule has 1 rings (SSSR count). The van der Waals surface area contributed by atoms with Gasteiger partial charge in [0, 0.05) is 0 Å². The molecule has 0 unspecified atom stereocenters. The van der Waals surface area contributed by atoms with Gasteiger partial charge in [-0.15, -0.1) is 0 Å². The van der Waals surface area contributed by atoms with Gasteiger partial charge in [-0.1, -0.05) is 12.1 Å². The number of benzene rings is 1. The number of hydrogen-bond donors (Lipinski definition) is 1. The highest BCUT2D eigenvalue weighted by atomic mass is 16.5. The Hall–Kier alpha value is -1.02. The van der Waals surface area contributed by atoms with E-state index in [1.54, 1.807) is 0 Å². The second-order valence-electron chi connectivity index (χ2n) is 3.50. The lowest BCUT2D eigenvalue weighted by Crippen LogP contribution is -2.11. The predicted octanol–water partition coefficient (Wildman–Crippen LogP) is 2.29. The van der Waals surface area contributed by atoms with Crippen LogP contribution in [0, 0.1) is 13.8 Å². The summed E-state index contributed by atoms with van der Waals surface area (Å²) in [7, 11) is 1.96. The first-order valence-corrected chi connectivity index (χ1v) is 5.09. The molecule has 0 saturated heterocycles. The van der Waals surface area contributed by atoms with Crippen LogP contribution in [-0.4, -0.2) is 20.2 Å². The van der Waals surface area contributed by atoms with Crippen molar-refractivity contribution in [1.29, 1.82) is 0 Å². The van der Waals surface area contributed by atoms with Gasteiger partial charge >= 0.3 is 0 Å². The predicted molar refractivity (Wildman–Crippen MR) is 60.0 cm³/mol. The third-order valence-corrected chi connectivity index (χ3v) is 2.38. The minimum Gasteiger partial charge on any atom is -0.493 e. The van der Waals surface area contributed by atoms with Crippen molar-refractivity contribution in [3.63, 3.8) is 0 Å². The Balaban J connectivity index is 2.46. The molecular weight excluding hydrogens is 174 g/mol. The zero-order chi connectivity index (χ0) is 10.4. The zero-order valence-corrected chi connectivity index (χ0v) is 9.26. The second kappa shape index (κ2) is 5.66. The van der Waals surface area contributed by atoms with E-state index in [1.807, 2.05) is 19.2 Å². The molecule has 2 nitrogen and oxygen atoms in total. The Morgan fingerprint density at radius 2 is 2.07 bits per heavy atom. The molecule has 0 radical (unpaired) electrons. The van der Waals surface area contributed by atoms with Crippen LogP contribution in [0.1, 0.15) is 17.5 Å². The monoisotopic (exact) mass is 193 g/mol. The van der Waals surface area contributed by atoms with Crippen molar-refractivity contribution in [1.82, 2.24) is 5.32 Å². The number of ether oxygens (including phenoxy) is 1. The summed E-state index contributed by atoms with van der Waals surface area (Å²) in [5.74, 6) is 1.01. The van der Waals surface area contributed by atoms with Crippen LogP contribution in [0.4, 0.5) is 0 Å². The lowest BCUT2D eigenvalue weighted by atomic mass is 10.1. The highest BCUT2D eigenvalue weighted by Gasteiger charge is 2.00. The van der Waals surface area contributed by atoms with Crippen LogP contribution < -0.4 is 10.1 Å². The van der Waals surface area contributed by atoms with E-state index in [2.05, 4.69) is 25.2 Å². The van der Waals surface area contributed by atoms with Crippen molar-refractivity contribution >= 4 is 0 Å². The van der Waals surface area contributed by atoms with Crippen molar-refractivity contribution in [2.45, 2.75) is 20.3 Å². The van der Waals surface area contributed by atoms with Gasteiger partial charge in [0.25, 0.3) is 0 Å². The van der Waals surface area contributed by atoms with E-state index in [-0.39, 0.29) is 0 Å². The topological polar surface area (TPSA) is 21.3 Å². The first-order chi connectivity index (χ1) is 6.75. The first kappa shape index (κ1) is 11.1. The van der Waals surface area contributed by atoms with E-state index in [0.717, 1.165) is 25.3 Å². The number of hydrogen-bond acceptors (Lipinski definition) is 2. The maximum Gasteiger partial charge on any atom is 0.122 e. The van der Waals surface area contributed by atoms with E-state index in [0.29, 0.717) is 0 Å². The standard InChI is InChI=1S/C12H19NO/c1-10-6-4-7-12(11(10)2)14-9-5-8-13-3/h4,6-7,13H,5,8-9H2,1-3H3. The summed E-state index contributed by atoms with van der Waals surface area (Å²) in [4.78, 5) is 0. The van der Waals surface area contributed by atoms with Crippen LogP contribution in [0.15, 0.2) is 18.2 Å². The van der Waals surface area contributed by atoms with Gasteiger partial charge in [-0.25, -0.2) is 0 Å². The Kier molecular flexibility index (Phi) is 4.47. The van der Waals surface area contributed by atoms with E-state index >= 15 is 0 Å². The molecule has 0 amide bonds. The van der Waals surface area contributed by atoms with Crippen LogP contribution in [0.3, 0.4) is 0 Å². The van der Waals surface area contributed by atoms with E-state index in [4.69, 9.17) is 4.74 Å². The largest absolute Gasteiger partial charge is 0.493 e. The number of rotatable bonds is 5. The molecule has 1 aromatic rings. The molecule has 0 bridgehead atoms. The van der Waals surface area contributed by atoms with Crippen LogP contribution >= 0.6 is 0 Å². The van der Waals surface area contributed by atoms with E-state index < -0.39 is 0 Å². The molecule has 0 fully saturated rings. The lowest BCUT2D eigenvalue weighted by Gasteiger charge is -2.10. The van der Waals surface area contributed by atoms with Crippen LogP contribution in [-0.2, 0) is 0 Å². The molecule has 78 valence electrons. The lowest BCUT2D eigenvalue weighted by molar-refractivity contribution is 0.307. The highest BCUT2D eigenvalue weighted by molar-refractivity contribution is 5.38. The summed E-state index contributed by atoms with van der Waals surface area (Å²) in [5, 5.41) is 3.10. The van der Waals surface area contributed by atoms with Crippen molar-refractivity contribution in [2.24, 2.45) is 0 Å².